The first kappa shape index (κ1) is 14.0. The molecule has 0 aliphatic carbocycles. The zero-order valence-corrected chi connectivity index (χ0v) is 12.6. The lowest BCUT2D eigenvalue weighted by Crippen LogP contribution is -2.27. The first-order valence-corrected chi connectivity index (χ1v) is 7.50. The maximum atomic E-state index is 9.38. The predicted molar refractivity (Wildman–Crippen MR) is 83.5 cm³/mol. The molecule has 110 valence electrons. The van der Waals surface area contributed by atoms with Crippen molar-refractivity contribution in [3.8, 4) is 17.1 Å². The third-order valence-electron chi connectivity index (χ3n) is 4.20. The molecule has 0 amide bonds. The number of aromatic hydroxyl groups is 1. The molecule has 1 aromatic carbocycles. The predicted octanol–water partition coefficient (Wildman–Crippen LogP) is 2.93. The Balaban J connectivity index is 1.97. The number of hydrogen-bond acceptors (Lipinski definition) is 4. The fourth-order valence-electron chi connectivity index (χ4n) is 3.17. The average molecular weight is 283 g/mol. The number of benzene rings is 1. The first-order valence-electron chi connectivity index (χ1n) is 7.50. The Bertz CT molecular complexity index is 608. The highest BCUT2D eigenvalue weighted by Gasteiger charge is 2.21. The normalized spacial score (nSPS) is 16.1. The maximum Gasteiger partial charge on any atom is 0.159 e. The Morgan fingerprint density at radius 2 is 1.57 bits per heavy atom. The summed E-state index contributed by atoms with van der Waals surface area (Å²) in [4.78, 5) is 9.39. The van der Waals surface area contributed by atoms with Crippen LogP contribution < -0.4 is 5.32 Å². The molecule has 4 heteroatoms. The van der Waals surface area contributed by atoms with Gasteiger partial charge in [0.05, 0.1) is 0 Å². The van der Waals surface area contributed by atoms with Gasteiger partial charge >= 0.3 is 0 Å². The van der Waals surface area contributed by atoms with Crippen LogP contribution in [0.1, 0.15) is 35.7 Å². The van der Waals surface area contributed by atoms with Crippen LogP contribution in [-0.4, -0.2) is 28.2 Å². The molecule has 1 fully saturated rings. The molecule has 2 aromatic rings. The van der Waals surface area contributed by atoms with Crippen molar-refractivity contribution in [2.45, 2.75) is 32.6 Å². The number of nitrogens with one attached hydrogen (secondary N) is 1. The standard InChI is InChI=1S/C17H21N3O/c1-11-16(13-7-9-18-10-8-13)12(2)20-17(19-11)14-3-5-15(21)6-4-14/h3-6,13,18,21H,7-10H2,1-2H3. The van der Waals surface area contributed by atoms with Gasteiger partial charge in [-0.1, -0.05) is 0 Å². The summed E-state index contributed by atoms with van der Waals surface area (Å²) < 4.78 is 0. The third-order valence-corrected chi connectivity index (χ3v) is 4.20. The molecular formula is C17H21N3O. The van der Waals surface area contributed by atoms with Gasteiger partial charge in [-0.05, 0) is 75.5 Å². The molecule has 0 bridgehead atoms. The number of aryl methyl sites for hydroxylation is 2. The number of hydrogen-bond donors (Lipinski definition) is 2. The quantitative estimate of drug-likeness (QED) is 0.889. The Morgan fingerprint density at radius 3 is 2.14 bits per heavy atom. The van der Waals surface area contributed by atoms with Gasteiger partial charge in [0.1, 0.15) is 5.75 Å². The van der Waals surface area contributed by atoms with Crippen LogP contribution in [0.5, 0.6) is 5.75 Å². The van der Waals surface area contributed by atoms with Crippen molar-refractivity contribution in [2.24, 2.45) is 0 Å². The fraction of sp³-hybridized carbons (Fsp3) is 0.412. The lowest BCUT2D eigenvalue weighted by molar-refractivity contribution is 0.455. The molecule has 1 aliphatic rings. The van der Waals surface area contributed by atoms with E-state index >= 15 is 0 Å². The monoisotopic (exact) mass is 283 g/mol. The smallest absolute Gasteiger partial charge is 0.159 e. The first-order chi connectivity index (χ1) is 10.1. The second-order valence-corrected chi connectivity index (χ2v) is 5.70. The van der Waals surface area contributed by atoms with Gasteiger partial charge in [0, 0.05) is 17.0 Å². The SMILES string of the molecule is Cc1nc(-c2ccc(O)cc2)nc(C)c1C1CCNCC1. The van der Waals surface area contributed by atoms with E-state index in [0.717, 1.165) is 48.7 Å². The van der Waals surface area contributed by atoms with Crippen LogP contribution in [0.2, 0.25) is 0 Å². The number of phenols is 1. The van der Waals surface area contributed by atoms with Crippen molar-refractivity contribution in [1.82, 2.24) is 15.3 Å². The summed E-state index contributed by atoms with van der Waals surface area (Å²) in [6.45, 7) is 6.30. The van der Waals surface area contributed by atoms with Crippen molar-refractivity contribution in [3.63, 3.8) is 0 Å². The van der Waals surface area contributed by atoms with E-state index in [1.54, 1.807) is 12.1 Å². The molecule has 1 aliphatic heterocycles. The number of aromatic nitrogens is 2. The van der Waals surface area contributed by atoms with Gasteiger partial charge in [-0.15, -0.1) is 0 Å². The maximum absolute atomic E-state index is 9.38. The molecule has 2 heterocycles. The lowest BCUT2D eigenvalue weighted by atomic mass is 9.88. The number of phenolic OH excluding ortho intramolecular Hbond substituents is 1. The van der Waals surface area contributed by atoms with E-state index in [9.17, 15) is 5.11 Å². The molecule has 1 saturated heterocycles. The minimum absolute atomic E-state index is 0.263. The molecule has 0 atom stereocenters. The summed E-state index contributed by atoms with van der Waals surface area (Å²) in [5.74, 6) is 1.57. The largest absolute Gasteiger partial charge is 0.508 e. The molecule has 0 radical (unpaired) electrons. The highest BCUT2D eigenvalue weighted by molar-refractivity contribution is 5.57. The van der Waals surface area contributed by atoms with E-state index in [1.165, 1.54) is 5.56 Å². The molecule has 2 N–H and O–H groups in total. The van der Waals surface area contributed by atoms with Crippen molar-refractivity contribution in [2.75, 3.05) is 13.1 Å². The van der Waals surface area contributed by atoms with E-state index in [1.807, 2.05) is 12.1 Å². The Labute approximate surface area is 125 Å². The average Bonchev–Trinajstić information content (AvgIpc) is 2.48. The van der Waals surface area contributed by atoms with Gasteiger partial charge in [0.15, 0.2) is 5.82 Å². The van der Waals surface area contributed by atoms with Gasteiger partial charge in [0.2, 0.25) is 0 Å². The minimum atomic E-state index is 0.263. The third kappa shape index (κ3) is 2.90. The van der Waals surface area contributed by atoms with Crippen LogP contribution in [0.4, 0.5) is 0 Å². The molecule has 3 rings (SSSR count). The number of rotatable bonds is 2. The van der Waals surface area contributed by atoms with Crippen molar-refractivity contribution < 1.29 is 5.11 Å². The highest BCUT2D eigenvalue weighted by atomic mass is 16.3. The van der Waals surface area contributed by atoms with Gasteiger partial charge < -0.3 is 10.4 Å². The van der Waals surface area contributed by atoms with E-state index in [4.69, 9.17) is 9.97 Å². The molecule has 4 nitrogen and oxygen atoms in total. The van der Waals surface area contributed by atoms with Gasteiger partial charge in [-0.25, -0.2) is 9.97 Å². The second kappa shape index (κ2) is 5.82. The molecule has 21 heavy (non-hydrogen) atoms. The molecule has 0 unspecified atom stereocenters. The van der Waals surface area contributed by atoms with Gasteiger partial charge in [-0.2, -0.15) is 0 Å². The summed E-state index contributed by atoms with van der Waals surface area (Å²) in [5, 5.41) is 12.8. The summed E-state index contributed by atoms with van der Waals surface area (Å²) >= 11 is 0. The zero-order chi connectivity index (χ0) is 14.8. The van der Waals surface area contributed by atoms with E-state index in [0.29, 0.717) is 5.92 Å². The Morgan fingerprint density at radius 1 is 1.00 bits per heavy atom. The van der Waals surface area contributed by atoms with Crippen LogP contribution in [0, 0.1) is 13.8 Å². The molecule has 1 aromatic heterocycles. The highest BCUT2D eigenvalue weighted by Crippen LogP contribution is 2.30. The topological polar surface area (TPSA) is 58.0 Å². The van der Waals surface area contributed by atoms with Crippen molar-refractivity contribution in [3.05, 3.63) is 41.2 Å². The summed E-state index contributed by atoms with van der Waals surface area (Å²) in [5.41, 5.74) is 4.42. The van der Waals surface area contributed by atoms with E-state index in [2.05, 4.69) is 19.2 Å². The summed E-state index contributed by atoms with van der Waals surface area (Å²) in [6, 6.07) is 7.05. The lowest BCUT2D eigenvalue weighted by Gasteiger charge is -2.25. The number of piperidine rings is 1. The zero-order valence-electron chi connectivity index (χ0n) is 12.6. The summed E-state index contributed by atoms with van der Waals surface area (Å²) in [7, 11) is 0. The van der Waals surface area contributed by atoms with Crippen LogP contribution in [0.25, 0.3) is 11.4 Å². The van der Waals surface area contributed by atoms with E-state index < -0.39 is 0 Å². The van der Waals surface area contributed by atoms with Crippen LogP contribution >= 0.6 is 0 Å². The van der Waals surface area contributed by atoms with Gasteiger partial charge in [0.25, 0.3) is 0 Å². The second-order valence-electron chi connectivity index (χ2n) is 5.70. The minimum Gasteiger partial charge on any atom is -0.508 e. The number of nitrogens with zero attached hydrogens (tertiary/aromatic N) is 2. The molecule has 0 saturated carbocycles. The Kier molecular flexibility index (Phi) is 3.88. The fourth-order valence-corrected chi connectivity index (χ4v) is 3.17. The molecular weight excluding hydrogens is 262 g/mol. The van der Waals surface area contributed by atoms with Gasteiger partial charge in [-0.3, -0.25) is 0 Å². The van der Waals surface area contributed by atoms with E-state index in [-0.39, 0.29) is 5.75 Å². The van der Waals surface area contributed by atoms with Crippen molar-refractivity contribution >= 4 is 0 Å². The Hall–Kier alpha value is -1.94. The van der Waals surface area contributed by atoms with Crippen molar-refractivity contribution in [1.29, 1.82) is 0 Å². The summed E-state index contributed by atoms with van der Waals surface area (Å²) in [6.07, 6.45) is 2.31. The van der Waals surface area contributed by atoms with Crippen LogP contribution in [0.15, 0.2) is 24.3 Å². The van der Waals surface area contributed by atoms with Crippen LogP contribution in [0.3, 0.4) is 0 Å². The molecule has 0 spiro atoms. The van der Waals surface area contributed by atoms with Crippen LogP contribution in [-0.2, 0) is 0 Å².